The molecule has 0 bridgehead atoms. The molecular formula is C13H7AsN2O2. The molecule has 3 aromatic rings. The summed E-state index contributed by atoms with van der Waals surface area (Å²) in [7, 11) is 0. The minimum atomic E-state index is -0.388. The minimum absolute atomic E-state index is 0.0897. The van der Waals surface area contributed by atoms with E-state index in [1.807, 2.05) is 24.3 Å². The Morgan fingerprint density at radius 2 is 1.78 bits per heavy atom. The van der Waals surface area contributed by atoms with Gasteiger partial charge in [-0.2, -0.15) is 0 Å². The first-order chi connectivity index (χ1) is 8.66. The van der Waals surface area contributed by atoms with Gasteiger partial charge in [-0.25, -0.2) is 0 Å². The number of nitrogens with zero attached hydrogens (tertiary/aromatic N) is 2. The van der Waals surface area contributed by atoms with Crippen LogP contribution >= 0.6 is 0 Å². The standard InChI is InChI=1S/C13H7AsN2O2/c14-13-9-3-1-2-4-11(9)15-12-6-5-8(16(17)18)7-10(12)13/h1-7H. The topological polar surface area (TPSA) is 56.0 Å². The second-order valence-electron chi connectivity index (χ2n) is 3.94. The Hall–Kier alpha value is -1.93. The molecule has 5 heteroatoms. The van der Waals surface area contributed by atoms with Crippen LogP contribution in [0.15, 0.2) is 42.5 Å². The molecule has 3 rings (SSSR count). The van der Waals surface area contributed by atoms with Crippen molar-refractivity contribution in [2.75, 3.05) is 0 Å². The fourth-order valence-electron chi connectivity index (χ4n) is 1.97. The number of non-ortho nitro benzene ring substituents is 1. The molecular weight excluding hydrogens is 291 g/mol. The summed E-state index contributed by atoms with van der Waals surface area (Å²) in [4.78, 5) is 14.9. The van der Waals surface area contributed by atoms with Gasteiger partial charge in [0.05, 0.1) is 0 Å². The Morgan fingerprint density at radius 3 is 2.56 bits per heavy atom. The van der Waals surface area contributed by atoms with Gasteiger partial charge in [-0.05, 0) is 0 Å². The van der Waals surface area contributed by atoms with Crippen LogP contribution < -0.4 is 4.35 Å². The van der Waals surface area contributed by atoms with Gasteiger partial charge in [0.1, 0.15) is 0 Å². The van der Waals surface area contributed by atoms with E-state index in [0.717, 1.165) is 26.2 Å². The van der Waals surface area contributed by atoms with Crippen LogP contribution in [0.5, 0.6) is 0 Å². The number of hydrogen-bond donors (Lipinski definition) is 0. The Labute approximate surface area is 111 Å². The molecule has 1 aromatic heterocycles. The number of pyridine rings is 1. The van der Waals surface area contributed by atoms with E-state index < -0.39 is 0 Å². The van der Waals surface area contributed by atoms with Crippen molar-refractivity contribution in [3.05, 3.63) is 52.6 Å². The first kappa shape index (κ1) is 11.2. The number of hydrogen-bond acceptors (Lipinski definition) is 3. The van der Waals surface area contributed by atoms with Crippen molar-refractivity contribution >= 4 is 48.7 Å². The van der Waals surface area contributed by atoms with Gasteiger partial charge in [-0.15, -0.1) is 0 Å². The number of aromatic nitrogens is 1. The number of fused-ring (bicyclic) bond motifs is 2. The molecule has 0 atom stereocenters. The third kappa shape index (κ3) is 1.66. The number of nitro groups is 1. The summed E-state index contributed by atoms with van der Waals surface area (Å²) >= 11 is 2.48. The van der Waals surface area contributed by atoms with Crippen LogP contribution in [0.4, 0.5) is 5.69 Å². The zero-order chi connectivity index (χ0) is 12.7. The predicted molar refractivity (Wildman–Crippen MR) is 71.3 cm³/mol. The number of nitro benzene ring substituents is 1. The van der Waals surface area contributed by atoms with E-state index >= 15 is 0 Å². The summed E-state index contributed by atoms with van der Waals surface area (Å²) in [5.74, 6) is 0. The molecule has 0 unspecified atom stereocenters. The van der Waals surface area contributed by atoms with Crippen LogP contribution in [0.1, 0.15) is 0 Å². The molecule has 0 aliphatic rings. The maximum absolute atomic E-state index is 10.8. The molecule has 0 N–H and O–H groups in total. The van der Waals surface area contributed by atoms with Crippen LogP contribution in [-0.2, 0) is 0 Å². The molecule has 86 valence electrons. The molecule has 0 amide bonds. The number of benzene rings is 2. The molecule has 2 aromatic carbocycles. The third-order valence-corrected chi connectivity index (χ3v) is 3.86. The zero-order valence-electron chi connectivity index (χ0n) is 9.20. The van der Waals surface area contributed by atoms with Gasteiger partial charge in [0, 0.05) is 0 Å². The van der Waals surface area contributed by atoms with Gasteiger partial charge >= 0.3 is 111 Å². The predicted octanol–water partition coefficient (Wildman–Crippen LogP) is 2.09. The average molecular weight is 298 g/mol. The average Bonchev–Trinajstić information content (AvgIpc) is 2.38. The fourth-order valence-corrected chi connectivity index (χ4v) is 2.74. The quantitative estimate of drug-likeness (QED) is 0.299. The molecule has 1 heterocycles. The first-order valence-corrected chi connectivity index (χ1v) is 6.26. The van der Waals surface area contributed by atoms with Crippen molar-refractivity contribution in [1.29, 1.82) is 0 Å². The Morgan fingerprint density at radius 1 is 1.06 bits per heavy atom. The van der Waals surface area contributed by atoms with Crippen LogP contribution in [0, 0.1) is 10.1 Å². The van der Waals surface area contributed by atoms with E-state index in [9.17, 15) is 10.1 Å². The SMILES string of the molecule is O=[N+]([O-])c1ccc2nc3ccccc3c([As])c2c1. The zero-order valence-corrected chi connectivity index (χ0v) is 11.1. The molecule has 0 aliphatic heterocycles. The summed E-state index contributed by atoms with van der Waals surface area (Å²) in [6.07, 6.45) is 0. The number of rotatable bonds is 1. The molecule has 4 nitrogen and oxygen atoms in total. The van der Waals surface area contributed by atoms with Gasteiger partial charge < -0.3 is 0 Å². The maximum atomic E-state index is 10.8. The second kappa shape index (κ2) is 4.07. The van der Waals surface area contributed by atoms with Gasteiger partial charge in [0.15, 0.2) is 0 Å². The van der Waals surface area contributed by atoms with Crippen LogP contribution in [0.25, 0.3) is 21.8 Å². The molecule has 18 heavy (non-hydrogen) atoms. The third-order valence-electron chi connectivity index (χ3n) is 2.85. The van der Waals surface area contributed by atoms with Crippen LogP contribution in [-0.4, -0.2) is 26.8 Å². The summed E-state index contributed by atoms with van der Waals surface area (Å²) < 4.78 is 0.965. The van der Waals surface area contributed by atoms with Crippen molar-refractivity contribution < 1.29 is 4.92 Å². The Bertz CT molecular complexity index is 786. The second-order valence-corrected chi connectivity index (χ2v) is 4.87. The van der Waals surface area contributed by atoms with E-state index in [-0.39, 0.29) is 10.6 Å². The van der Waals surface area contributed by atoms with E-state index in [0.29, 0.717) is 0 Å². The van der Waals surface area contributed by atoms with Crippen molar-refractivity contribution in [1.82, 2.24) is 4.98 Å². The number of para-hydroxylation sites is 1. The van der Waals surface area contributed by atoms with E-state index in [2.05, 4.69) is 21.8 Å². The van der Waals surface area contributed by atoms with E-state index in [4.69, 9.17) is 0 Å². The molecule has 0 saturated heterocycles. The van der Waals surface area contributed by atoms with Gasteiger partial charge in [0.2, 0.25) is 0 Å². The monoisotopic (exact) mass is 298 g/mol. The first-order valence-electron chi connectivity index (χ1n) is 5.32. The summed E-state index contributed by atoms with van der Waals surface area (Å²) in [6, 6.07) is 12.5. The van der Waals surface area contributed by atoms with E-state index in [1.54, 1.807) is 12.1 Å². The van der Waals surface area contributed by atoms with Crippen molar-refractivity contribution in [3.63, 3.8) is 0 Å². The molecule has 0 spiro atoms. The molecule has 0 saturated carbocycles. The van der Waals surface area contributed by atoms with Crippen molar-refractivity contribution in [3.8, 4) is 0 Å². The normalized spacial score (nSPS) is 10.9. The van der Waals surface area contributed by atoms with Crippen LogP contribution in [0.3, 0.4) is 0 Å². The Balaban J connectivity index is 2.45. The van der Waals surface area contributed by atoms with Crippen LogP contribution in [0.2, 0.25) is 0 Å². The van der Waals surface area contributed by atoms with Gasteiger partial charge in [0.25, 0.3) is 0 Å². The van der Waals surface area contributed by atoms with Gasteiger partial charge in [-0.3, -0.25) is 0 Å². The Kier molecular flexibility index (Phi) is 2.53. The van der Waals surface area contributed by atoms with Gasteiger partial charge in [-0.1, -0.05) is 0 Å². The van der Waals surface area contributed by atoms with Crippen molar-refractivity contribution in [2.45, 2.75) is 0 Å². The molecule has 0 fully saturated rings. The van der Waals surface area contributed by atoms with Crippen molar-refractivity contribution in [2.24, 2.45) is 0 Å². The summed E-state index contributed by atoms with van der Waals surface area (Å²) in [6.45, 7) is 0. The molecule has 2 radical (unpaired) electrons. The summed E-state index contributed by atoms with van der Waals surface area (Å²) in [5.41, 5.74) is 1.76. The molecule has 0 aliphatic carbocycles. The van der Waals surface area contributed by atoms with E-state index in [1.165, 1.54) is 6.07 Å². The fraction of sp³-hybridized carbons (Fsp3) is 0. The summed E-state index contributed by atoms with van der Waals surface area (Å²) in [5, 5.41) is 12.6.